The van der Waals surface area contributed by atoms with Crippen LogP contribution in [0.5, 0.6) is 0 Å². The molecule has 8 heteroatoms. The average Bonchev–Trinajstić information content (AvgIpc) is 2.68. The summed E-state index contributed by atoms with van der Waals surface area (Å²) in [6, 6.07) is 13.5. The van der Waals surface area contributed by atoms with Crippen LogP contribution in [-0.4, -0.2) is 34.1 Å². The minimum atomic E-state index is -1.73. The lowest BCUT2D eigenvalue weighted by molar-refractivity contribution is -0.152. The lowest BCUT2D eigenvalue weighted by Crippen LogP contribution is -2.45. The van der Waals surface area contributed by atoms with Crippen LogP contribution in [0.25, 0.3) is 0 Å². The lowest BCUT2D eigenvalue weighted by Gasteiger charge is -2.14. The maximum absolute atomic E-state index is 11.3. The number of hydrogen-bond acceptors (Lipinski definition) is 5. The second-order valence-corrected chi connectivity index (χ2v) is 6.21. The van der Waals surface area contributed by atoms with Gasteiger partial charge in [-0.15, -0.1) is 0 Å². The maximum atomic E-state index is 11.3. The van der Waals surface area contributed by atoms with E-state index in [2.05, 4.69) is 0 Å². The highest BCUT2D eigenvalue weighted by atomic mass is 16.5. The molecule has 8 nitrogen and oxygen atoms in total. The van der Waals surface area contributed by atoms with Gasteiger partial charge < -0.3 is 26.0 Å². The first-order valence-electron chi connectivity index (χ1n) is 8.59. The van der Waals surface area contributed by atoms with E-state index in [4.69, 9.17) is 15.6 Å². The predicted molar refractivity (Wildman–Crippen MR) is 100 cm³/mol. The molecule has 2 aromatic carbocycles. The second-order valence-electron chi connectivity index (χ2n) is 6.21. The number of carbonyl (C=O) groups excluding carboxylic acids is 1. The van der Waals surface area contributed by atoms with E-state index in [-0.39, 0.29) is 6.42 Å². The molecule has 0 fully saturated rings. The summed E-state index contributed by atoms with van der Waals surface area (Å²) in [5.74, 6) is -4.39. The highest BCUT2D eigenvalue weighted by molar-refractivity contribution is 6.31. The molecule has 1 amide bonds. The number of carboxylic acid groups (broad SMARTS) is 2. The Kier molecular flexibility index (Phi) is 7.67. The van der Waals surface area contributed by atoms with Crippen LogP contribution in [-0.2, 0) is 45.3 Å². The first-order chi connectivity index (χ1) is 13.4. The first-order valence-corrected chi connectivity index (χ1v) is 8.59. The van der Waals surface area contributed by atoms with E-state index in [0.29, 0.717) is 25.3 Å². The van der Waals surface area contributed by atoms with E-state index >= 15 is 0 Å². The number of carboxylic acids is 2. The van der Waals surface area contributed by atoms with Crippen LogP contribution >= 0.6 is 0 Å². The minimum absolute atomic E-state index is 0.0389. The summed E-state index contributed by atoms with van der Waals surface area (Å²) in [6.45, 7) is 1.23. The van der Waals surface area contributed by atoms with E-state index in [1.807, 2.05) is 35.6 Å². The van der Waals surface area contributed by atoms with Gasteiger partial charge in [-0.05, 0) is 22.3 Å². The average molecular weight is 386 g/mol. The predicted octanol–water partition coefficient (Wildman–Crippen LogP) is 1.06. The van der Waals surface area contributed by atoms with Gasteiger partial charge in [0.25, 0.3) is 0 Å². The molecule has 5 N–H and O–H groups in total. The van der Waals surface area contributed by atoms with Crippen molar-refractivity contribution in [1.29, 1.82) is 0 Å². The Hall–Kier alpha value is -3.23. The smallest absolute Gasteiger partial charge is 0.394 e. The summed E-state index contributed by atoms with van der Waals surface area (Å²) in [6.07, 6.45) is -0.0389. The molecular weight excluding hydrogens is 364 g/mol. The van der Waals surface area contributed by atoms with E-state index in [1.165, 1.54) is 0 Å². The van der Waals surface area contributed by atoms with E-state index in [9.17, 15) is 19.5 Å². The summed E-state index contributed by atoms with van der Waals surface area (Å²) < 4.78 is 5.69. The van der Waals surface area contributed by atoms with Crippen molar-refractivity contribution in [1.82, 2.24) is 5.32 Å². The Morgan fingerprint density at radius 1 is 0.929 bits per heavy atom. The number of rotatable bonds is 9. The van der Waals surface area contributed by atoms with Gasteiger partial charge in [0.1, 0.15) is 6.04 Å². The number of nitrogens with two attached hydrogens (primary N) is 1. The standard InChI is InChI=1S/C20H22N2O6/c21-10-13-4-6-14(7-5-13)11-28-12-16-3-1-2-15(8-16)9-17(19(24)25)22-18(23)20(26)27/h1-8,17H,9-12,21H2,(H,22,23)(H,24,25)(H,26,27). The zero-order valence-electron chi connectivity index (χ0n) is 15.1. The number of carbonyl (C=O) groups is 3. The summed E-state index contributed by atoms with van der Waals surface area (Å²) in [7, 11) is 0. The summed E-state index contributed by atoms with van der Waals surface area (Å²) >= 11 is 0. The van der Waals surface area contributed by atoms with Gasteiger partial charge in [0.2, 0.25) is 0 Å². The van der Waals surface area contributed by atoms with Gasteiger partial charge in [-0.25, -0.2) is 9.59 Å². The number of benzene rings is 2. The second kappa shape index (κ2) is 10.2. The summed E-state index contributed by atoms with van der Waals surface area (Å²) in [4.78, 5) is 33.1. The van der Waals surface area contributed by atoms with Crippen LogP contribution in [0.15, 0.2) is 48.5 Å². The SMILES string of the molecule is NCc1ccc(COCc2cccc(CC(NC(=O)C(=O)O)C(=O)O)c2)cc1. The first kappa shape index (κ1) is 21.1. The van der Waals surface area contributed by atoms with E-state index in [1.54, 1.807) is 18.2 Å². The van der Waals surface area contributed by atoms with Crippen molar-refractivity contribution in [2.45, 2.75) is 32.2 Å². The van der Waals surface area contributed by atoms with Crippen molar-refractivity contribution in [2.24, 2.45) is 5.73 Å². The normalized spacial score (nSPS) is 11.6. The highest BCUT2D eigenvalue weighted by Crippen LogP contribution is 2.11. The molecule has 0 saturated carbocycles. The molecule has 2 aromatic rings. The van der Waals surface area contributed by atoms with Crippen LogP contribution in [0.4, 0.5) is 0 Å². The highest BCUT2D eigenvalue weighted by Gasteiger charge is 2.23. The van der Waals surface area contributed by atoms with E-state index in [0.717, 1.165) is 16.7 Å². The molecule has 0 saturated heterocycles. The third-order valence-electron chi connectivity index (χ3n) is 4.03. The monoisotopic (exact) mass is 386 g/mol. The number of nitrogens with one attached hydrogen (secondary N) is 1. The van der Waals surface area contributed by atoms with Crippen molar-refractivity contribution in [2.75, 3.05) is 0 Å². The molecule has 2 rings (SSSR count). The third-order valence-corrected chi connectivity index (χ3v) is 4.03. The fourth-order valence-electron chi connectivity index (χ4n) is 2.56. The van der Waals surface area contributed by atoms with Crippen LogP contribution in [0.3, 0.4) is 0 Å². The molecule has 0 heterocycles. The van der Waals surface area contributed by atoms with Crippen LogP contribution in [0, 0.1) is 0 Å². The Balaban J connectivity index is 1.93. The number of hydrogen-bond donors (Lipinski definition) is 4. The fraction of sp³-hybridized carbons (Fsp3) is 0.250. The van der Waals surface area contributed by atoms with Gasteiger partial charge in [0, 0.05) is 13.0 Å². The summed E-state index contributed by atoms with van der Waals surface area (Å²) in [5, 5.41) is 19.8. The fourth-order valence-corrected chi connectivity index (χ4v) is 2.56. The summed E-state index contributed by atoms with van der Waals surface area (Å²) in [5.41, 5.74) is 9.10. The molecule has 1 unspecified atom stereocenters. The van der Waals surface area contributed by atoms with Crippen LogP contribution in [0.1, 0.15) is 22.3 Å². The van der Waals surface area contributed by atoms with Gasteiger partial charge in [-0.3, -0.25) is 4.79 Å². The Labute approximate surface area is 161 Å². The zero-order chi connectivity index (χ0) is 20.5. The van der Waals surface area contributed by atoms with Gasteiger partial charge in [-0.1, -0.05) is 48.5 Å². The molecule has 0 aliphatic carbocycles. The quantitative estimate of drug-likeness (QED) is 0.473. The third kappa shape index (κ3) is 6.49. The molecule has 0 bridgehead atoms. The molecule has 0 aliphatic rings. The van der Waals surface area contributed by atoms with Crippen LogP contribution in [0.2, 0.25) is 0 Å². The molecule has 28 heavy (non-hydrogen) atoms. The van der Waals surface area contributed by atoms with Gasteiger partial charge in [0.05, 0.1) is 13.2 Å². The topological polar surface area (TPSA) is 139 Å². The largest absolute Gasteiger partial charge is 0.480 e. The minimum Gasteiger partial charge on any atom is -0.480 e. The maximum Gasteiger partial charge on any atom is 0.394 e. The molecule has 0 aromatic heterocycles. The molecule has 0 radical (unpaired) electrons. The Morgan fingerprint density at radius 2 is 1.54 bits per heavy atom. The lowest BCUT2D eigenvalue weighted by atomic mass is 10.0. The number of aliphatic carboxylic acids is 2. The molecule has 0 aliphatic heterocycles. The van der Waals surface area contributed by atoms with Crippen molar-refractivity contribution in [3.05, 3.63) is 70.8 Å². The zero-order valence-corrected chi connectivity index (χ0v) is 15.1. The molecular formula is C20H22N2O6. The number of amides is 1. The number of ether oxygens (including phenoxy) is 1. The van der Waals surface area contributed by atoms with Gasteiger partial charge in [0.15, 0.2) is 0 Å². The Morgan fingerprint density at radius 3 is 2.14 bits per heavy atom. The molecule has 0 spiro atoms. The molecule has 1 atom stereocenters. The Bertz CT molecular complexity index is 835. The van der Waals surface area contributed by atoms with Crippen molar-refractivity contribution >= 4 is 17.8 Å². The van der Waals surface area contributed by atoms with Crippen molar-refractivity contribution in [3.63, 3.8) is 0 Å². The molecule has 148 valence electrons. The van der Waals surface area contributed by atoms with E-state index < -0.39 is 23.9 Å². The van der Waals surface area contributed by atoms with Crippen LogP contribution < -0.4 is 11.1 Å². The van der Waals surface area contributed by atoms with Gasteiger partial charge in [-0.2, -0.15) is 0 Å². The van der Waals surface area contributed by atoms with Crippen molar-refractivity contribution < 1.29 is 29.3 Å². The van der Waals surface area contributed by atoms with Gasteiger partial charge >= 0.3 is 17.8 Å². The van der Waals surface area contributed by atoms with Crippen molar-refractivity contribution in [3.8, 4) is 0 Å².